The number of hydrogen-bond acceptors (Lipinski definition) is 9. The van der Waals surface area contributed by atoms with Gasteiger partial charge in [-0.25, -0.2) is 15.0 Å². The van der Waals surface area contributed by atoms with Gasteiger partial charge < -0.3 is 28.8 Å². The van der Waals surface area contributed by atoms with E-state index in [0.29, 0.717) is 11.2 Å². The normalized spacial score (nSPS) is 20.4. The SMILES string of the molecule is COc1ccc(C(OC[C@H]2O[C@@H](n3cnc4c(Cl)ncnc43)C(OC)C2O)(c2ccccc2)c2ccc(OC)cc2)cc1. The predicted octanol–water partition coefficient (Wildman–Crippen LogP) is 4.78. The first-order chi connectivity index (χ1) is 21.0. The van der Waals surface area contributed by atoms with E-state index >= 15 is 0 Å². The van der Waals surface area contributed by atoms with Crippen molar-refractivity contribution in [3.63, 3.8) is 0 Å². The van der Waals surface area contributed by atoms with E-state index in [1.54, 1.807) is 25.1 Å². The molecule has 43 heavy (non-hydrogen) atoms. The molecule has 3 aromatic carbocycles. The lowest BCUT2D eigenvalue weighted by Gasteiger charge is -2.37. The van der Waals surface area contributed by atoms with Gasteiger partial charge in [-0.05, 0) is 41.0 Å². The monoisotopic (exact) mass is 602 g/mol. The van der Waals surface area contributed by atoms with Crippen molar-refractivity contribution < 1.29 is 28.8 Å². The minimum atomic E-state index is -1.08. The fraction of sp³-hybridized carbons (Fsp3) is 0.281. The molecule has 1 aliphatic rings. The fourth-order valence-corrected chi connectivity index (χ4v) is 5.80. The lowest BCUT2D eigenvalue weighted by Crippen LogP contribution is -2.40. The Kier molecular flexibility index (Phi) is 8.29. The third kappa shape index (κ3) is 5.21. The lowest BCUT2D eigenvalue weighted by atomic mass is 9.80. The van der Waals surface area contributed by atoms with E-state index in [4.69, 9.17) is 35.3 Å². The average molecular weight is 603 g/mol. The summed E-state index contributed by atoms with van der Waals surface area (Å²) in [7, 11) is 4.78. The second-order valence-electron chi connectivity index (χ2n) is 10.1. The Hall–Kier alpha value is -4.06. The van der Waals surface area contributed by atoms with Gasteiger partial charge in [-0.15, -0.1) is 0 Å². The smallest absolute Gasteiger partial charge is 0.167 e. The van der Waals surface area contributed by atoms with E-state index in [1.165, 1.54) is 13.4 Å². The van der Waals surface area contributed by atoms with E-state index < -0.39 is 30.1 Å². The molecule has 11 heteroatoms. The first kappa shape index (κ1) is 29.0. The van der Waals surface area contributed by atoms with E-state index in [2.05, 4.69) is 15.0 Å². The van der Waals surface area contributed by atoms with E-state index in [1.807, 2.05) is 78.9 Å². The molecule has 0 spiro atoms. The molecule has 1 saturated heterocycles. The molecule has 0 amide bonds. The molecule has 0 bridgehead atoms. The number of nitrogens with zero attached hydrogens (tertiary/aromatic N) is 4. The summed E-state index contributed by atoms with van der Waals surface area (Å²) in [6.45, 7) is 0.0207. The maximum atomic E-state index is 11.4. The number of rotatable bonds is 10. The highest BCUT2D eigenvalue weighted by Gasteiger charge is 2.48. The maximum absolute atomic E-state index is 11.4. The summed E-state index contributed by atoms with van der Waals surface area (Å²) < 4.78 is 31.7. The molecule has 0 aliphatic carbocycles. The van der Waals surface area contributed by atoms with Crippen LogP contribution in [0.3, 0.4) is 0 Å². The Balaban J connectivity index is 1.40. The van der Waals surface area contributed by atoms with Gasteiger partial charge in [0.2, 0.25) is 0 Å². The number of hydrogen-bond donors (Lipinski definition) is 1. The average Bonchev–Trinajstić information content (AvgIpc) is 3.63. The van der Waals surface area contributed by atoms with E-state index in [0.717, 1.165) is 28.2 Å². The van der Waals surface area contributed by atoms with Gasteiger partial charge in [0.15, 0.2) is 17.0 Å². The highest BCUT2D eigenvalue weighted by molar-refractivity contribution is 6.33. The van der Waals surface area contributed by atoms with Crippen LogP contribution in [0.1, 0.15) is 22.9 Å². The zero-order chi connectivity index (χ0) is 30.0. The number of aromatic nitrogens is 4. The van der Waals surface area contributed by atoms with Gasteiger partial charge in [-0.3, -0.25) is 4.57 Å². The van der Waals surface area contributed by atoms with Crippen molar-refractivity contribution >= 4 is 22.8 Å². The number of ether oxygens (including phenoxy) is 5. The van der Waals surface area contributed by atoms with Crippen LogP contribution >= 0.6 is 11.6 Å². The van der Waals surface area contributed by atoms with Crippen LogP contribution in [0, 0.1) is 0 Å². The molecule has 1 aliphatic heterocycles. The van der Waals surface area contributed by atoms with Crippen molar-refractivity contribution in [2.24, 2.45) is 0 Å². The van der Waals surface area contributed by atoms with Crippen LogP contribution in [0.4, 0.5) is 0 Å². The number of aliphatic hydroxyl groups is 1. The predicted molar refractivity (Wildman–Crippen MR) is 159 cm³/mol. The van der Waals surface area contributed by atoms with Crippen LogP contribution in [0.2, 0.25) is 5.15 Å². The van der Waals surface area contributed by atoms with Crippen LogP contribution < -0.4 is 9.47 Å². The van der Waals surface area contributed by atoms with Gasteiger partial charge in [-0.2, -0.15) is 0 Å². The van der Waals surface area contributed by atoms with Gasteiger partial charge in [0.1, 0.15) is 47.3 Å². The number of halogens is 1. The van der Waals surface area contributed by atoms with Crippen molar-refractivity contribution in [3.8, 4) is 11.5 Å². The Morgan fingerprint density at radius 2 is 1.44 bits per heavy atom. The standard InChI is InChI=1S/C32H31ClN4O6/c1-39-23-13-9-21(10-14-23)32(20-7-5-4-6-8-20,22-11-15-24(40-2)16-12-22)42-17-25-27(38)28(41-3)31(43-25)37-19-36-26-29(33)34-18-35-30(26)37/h4-16,18-19,25,27-28,31,38H,17H2,1-3H3/t25-,27?,28?,31-/m1/s1. The molecule has 1 fully saturated rings. The van der Waals surface area contributed by atoms with Gasteiger partial charge >= 0.3 is 0 Å². The lowest BCUT2D eigenvalue weighted by molar-refractivity contribution is -0.0948. The Morgan fingerprint density at radius 3 is 2.02 bits per heavy atom. The third-order valence-electron chi connectivity index (χ3n) is 7.81. The Bertz CT molecular complexity index is 1620. The van der Waals surface area contributed by atoms with Crippen LogP contribution in [-0.4, -0.2) is 70.9 Å². The van der Waals surface area contributed by atoms with Crippen molar-refractivity contribution in [3.05, 3.63) is 113 Å². The van der Waals surface area contributed by atoms with E-state index in [-0.39, 0.29) is 11.8 Å². The summed E-state index contributed by atoms with van der Waals surface area (Å²) in [4.78, 5) is 12.7. The van der Waals surface area contributed by atoms with E-state index in [9.17, 15) is 5.11 Å². The first-order valence-corrected chi connectivity index (χ1v) is 14.1. The molecule has 6 rings (SSSR count). The molecule has 222 valence electrons. The molecule has 0 radical (unpaired) electrons. The minimum absolute atomic E-state index is 0.0207. The van der Waals surface area contributed by atoms with Gasteiger partial charge in [0.25, 0.3) is 0 Å². The molecule has 3 heterocycles. The number of methoxy groups -OCH3 is 3. The summed E-state index contributed by atoms with van der Waals surface area (Å²) in [5.41, 5.74) is 2.44. The molecule has 4 atom stereocenters. The molecule has 10 nitrogen and oxygen atoms in total. The van der Waals surface area contributed by atoms with Crippen molar-refractivity contribution in [2.45, 2.75) is 30.1 Å². The minimum Gasteiger partial charge on any atom is -0.497 e. The van der Waals surface area contributed by atoms with Crippen molar-refractivity contribution in [1.29, 1.82) is 0 Å². The highest BCUT2D eigenvalue weighted by Crippen LogP contribution is 2.43. The number of fused-ring (bicyclic) bond motifs is 1. The number of imidazole rings is 1. The summed E-state index contributed by atoms with van der Waals surface area (Å²) in [5.74, 6) is 1.44. The maximum Gasteiger partial charge on any atom is 0.167 e. The van der Waals surface area contributed by atoms with Crippen LogP contribution in [0.25, 0.3) is 11.2 Å². The summed E-state index contributed by atoms with van der Waals surface area (Å²) in [6, 6.07) is 25.4. The molecular weight excluding hydrogens is 572 g/mol. The van der Waals surface area contributed by atoms with Gasteiger partial charge in [0.05, 0.1) is 27.2 Å². The van der Waals surface area contributed by atoms with Crippen LogP contribution in [0.15, 0.2) is 91.5 Å². The van der Waals surface area contributed by atoms with Gasteiger partial charge in [-0.1, -0.05) is 66.2 Å². The first-order valence-electron chi connectivity index (χ1n) is 13.7. The molecule has 2 unspecified atom stereocenters. The van der Waals surface area contributed by atoms with Crippen LogP contribution in [0.5, 0.6) is 11.5 Å². The second-order valence-corrected chi connectivity index (χ2v) is 10.4. The number of aliphatic hydroxyl groups excluding tert-OH is 1. The molecule has 5 aromatic rings. The molecule has 0 saturated carbocycles. The highest BCUT2D eigenvalue weighted by atomic mass is 35.5. The molecular formula is C32H31ClN4O6. The quantitative estimate of drug-likeness (QED) is 0.178. The van der Waals surface area contributed by atoms with Gasteiger partial charge in [0, 0.05) is 7.11 Å². The van der Waals surface area contributed by atoms with Crippen molar-refractivity contribution in [1.82, 2.24) is 19.5 Å². The Morgan fingerprint density at radius 1 is 0.837 bits per heavy atom. The third-order valence-corrected chi connectivity index (χ3v) is 8.09. The molecule has 1 N–H and O–H groups in total. The summed E-state index contributed by atoms with van der Waals surface area (Å²) in [5, 5.41) is 11.7. The summed E-state index contributed by atoms with van der Waals surface area (Å²) in [6.07, 6.45) is -0.338. The number of benzene rings is 3. The zero-order valence-corrected chi connectivity index (χ0v) is 24.6. The Labute approximate surface area is 253 Å². The largest absolute Gasteiger partial charge is 0.497 e. The zero-order valence-electron chi connectivity index (χ0n) is 23.8. The fourth-order valence-electron chi connectivity index (χ4n) is 5.63. The van der Waals surface area contributed by atoms with Crippen molar-refractivity contribution in [2.75, 3.05) is 27.9 Å². The summed E-state index contributed by atoms with van der Waals surface area (Å²) >= 11 is 6.23. The van der Waals surface area contributed by atoms with Crippen LogP contribution in [-0.2, 0) is 19.8 Å². The second kappa shape index (κ2) is 12.3. The molecule has 2 aromatic heterocycles. The topological polar surface area (TPSA) is 110 Å².